The number of rotatable bonds is 0. The van der Waals surface area contributed by atoms with E-state index < -0.39 is 0 Å². The molecule has 8 heteroatoms. The third-order valence-electron chi connectivity index (χ3n) is 9.85. The fraction of sp³-hybridized carbons (Fsp3) is 0.353. The van der Waals surface area contributed by atoms with Crippen LogP contribution in [-0.4, -0.2) is 0 Å². The molecular weight excluding hydrogens is 665 g/mol. The smallest absolute Gasteiger partial charge is 0.0706 e. The minimum atomic E-state index is 0.368. The van der Waals surface area contributed by atoms with E-state index in [1.54, 1.807) is 19.6 Å². The third-order valence-corrected chi connectivity index (χ3v) is 21.0. The summed E-state index contributed by atoms with van der Waals surface area (Å²) in [5.41, 5.74) is 0.736. The molecule has 4 heterocycles. The second-order valence-electron chi connectivity index (χ2n) is 13.7. The van der Waals surface area contributed by atoms with Gasteiger partial charge in [0.05, 0.1) is 8.47 Å². The molecule has 4 bridgehead atoms. The molecule has 2 aromatic carbocycles. The Hall–Kier alpha value is -0.0600. The molecule has 4 aliphatic heterocycles. The molecule has 0 saturated carbocycles. The lowest BCUT2D eigenvalue weighted by molar-refractivity contribution is 0.223. The highest BCUT2D eigenvalue weighted by molar-refractivity contribution is 8.30. The highest BCUT2D eigenvalue weighted by Crippen LogP contribution is 2.68. The summed E-state index contributed by atoms with van der Waals surface area (Å²) < 4.78 is 2.93. The molecule has 0 amide bonds. The van der Waals surface area contributed by atoms with Gasteiger partial charge in [-0.25, -0.2) is 0 Å². The van der Waals surface area contributed by atoms with Crippen LogP contribution in [0.1, 0.15) is 40.5 Å². The van der Waals surface area contributed by atoms with Gasteiger partial charge in [-0.2, -0.15) is 0 Å². The van der Waals surface area contributed by atoms with Gasteiger partial charge < -0.3 is 0 Å². The van der Waals surface area contributed by atoms with Gasteiger partial charge in [-0.05, 0) is 47.9 Å². The first-order valence-electron chi connectivity index (χ1n) is 14.6. The highest BCUT2D eigenvalue weighted by atomic mass is 32.2. The maximum Gasteiger partial charge on any atom is 0.0706 e. The van der Waals surface area contributed by atoms with Crippen molar-refractivity contribution in [3.05, 3.63) is 76.7 Å². The van der Waals surface area contributed by atoms with E-state index in [-0.39, 0.29) is 0 Å². The average Bonchev–Trinajstić information content (AvgIpc) is 3.55. The van der Waals surface area contributed by atoms with E-state index >= 15 is 0 Å². The Morgan fingerprint density at radius 3 is 1.07 bits per heavy atom. The summed E-state index contributed by atoms with van der Waals surface area (Å²) in [5.74, 6) is 2.34. The van der Waals surface area contributed by atoms with Gasteiger partial charge in [-0.15, -0.1) is 0 Å². The molecule has 0 aromatic heterocycles. The molecule has 42 heavy (non-hydrogen) atoms. The Kier molecular flexibility index (Phi) is 5.98. The van der Waals surface area contributed by atoms with Crippen LogP contribution in [-0.2, 0) is 0 Å². The second-order valence-corrected chi connectivity index (χ2v) is 22.7. The molecule has 0 N–H and O–H groups in total. The lowest BCUT2D eigenvalue weighted by Gasteiger charge is -2.47. The maximum atomic E-state index is 2.50. The monoisotopic (exact) mass is 692 g/mol. The molecule has 0 radical (unpaired) electrons. The van der Waals surface area contributed by atoms with Crippen molar-refractivity contribution in [1.29, 1.82) is 0 Å². The van der Waals surface area contributed by atoms with E-state index in [0.717, 1.165) is 0 Å². The SMILES string of the molecule is CC1(C)CC2C=CC1C1=C2Sc2cc3c(cc2S1)SC(=C1Sc2cc4c(cc2S1)SC1=C(S4)C2C=CC1C(C)(C)C2)S3. The maximum absolute atomic E-state index is 2.50. The van der Waals surface area contributed by atoms with Crippen molar-refractivity contribution in [2.45, 2.75) is 79.7 Å². The number of fused-ring (bicyclic) bond motifs is 6. The molecule has 6 aliphatic carbocycles. The van der Waals surface area contributed by atoms with Crippen molar-refractivity contribution < 1.29 is 0 Å². The highest BCUT2D eigenvalue weighted by Gasteiger charge is 2.47. The van der Waals surface area contributed by atoms with E-state index in [2.05, 4.69) is 123 Å². The molecule has 12 rings (SSSR count). The van der Waals surface area contributed by atoms with Crippen LogP contribution in [0.15, 0.2) is 116 Å². The lowest BCUT2D eigenvalue weighted by Crippen LogP contribution is -2.35. The molecule has 212 valence electrons. The number of allylic oxidation sites excluding steroid dienone is 8. The Bertz CT molecular complexity index is 1690. The van der Waals surface area contributed by atoms with Crippen LogP contribution >= 0.6 is 94.1 Å². The van der Waals surface area contributed by atoms with Gasteiger partial charge in [0, 0.05) is 82.5 Å². The molecule has 10 aliphatic rings. The summed E-state index contributed by atoms with van der Waals surface area (Å²) in [7, 11) is 0. The summed E-state index contributed by atoms with van der Waals surface area (Å²) >= 11 is 16.3. The average molecular weight is 693 g/mol. The Morgan fingerprint density at radius 1 is 0.429 bits per heavy atom. The van der Waals surface area contributed by atoms with Gasteiger partial charge in [0.1, 0.15) is 0 Å². The zero-order valence-electron chi connectivity index (χ0n) is 23.6. The molecule has 0 nitrogen and oxygen atoms in total. The minimum Gasteiger partial charge on any atom is -0.0918 e. The van der Waals surface area contributed by atoms with Crippen LogP contribution < -0.4 is 0 Å². The van der Waals surface area contributed by atoms with Crippen molar-refractivity contribution in [2.24, 2.45) is 34.5 Å². The number of benzene rings is 2. The fourth-order valence-corrected chi connectivity index (χ4v) is 19.3. The van der Waals surface area contributed by atoms with Crippen LogP contribution in [0.4, 0.5) is 0 Å². The van der Waals surface area contributed by atoms with E-state index in [1.807, 2.05) is 47.0 Å². The molecule has 2 aromatic rings. The predicted octanol–water partition coefficient (Wildman–Crippen LogP) is 13.2. The molecule has 0 saturated heterocycles. The number of hydrogen-bond acceptors (Lipinski definition) is 8. The molecular formula is C34H28S8. The molecule has 0 fully saturated rings. The topological polar surface area (TPSA) is 0 Å². The van der Waals surface area contributed by atoms with Gasteiger partial charge >= 0.3 is 0 Å². The van der Waals surface area contributed by atoms with Crippen molar-refractivity contribution in [1.82, 2.24) is 0 Å². The summed E-state index contributed by atoms with van der Waals surface area (Å²) in [6.45, 7) is 9.84. The van der Waals surface area contributed by atoms with Crippen molar-refractivity contribution in [2.75, 3.05) is 0 Å². The zero-order valence-corrected chi connectivity index (χ0v) is 30.1. The van der Waals surface area contributed by atoms with E-state index in [4.69, 9.17) is 0 Å². The van der Waals surface area contributed by atoms with Crippen LogP contribution in [0.25, 0.3) is 0 Å². The Balaban J connectivity index is 0.919. The van der Waals surface area contributed by atoms with E-state index in [9.17, 15) is 0 Å². The predicted molar refractivity (Wildman–Crippen MR) is 190 cm³/mol. The second kappa shape index (κ2) is 9.27. The summed E-state index contributed by atoms with van der Waals surface area (Å²) in [6.07, 6.45) is 12.5. The standard InChI is InChI=1S/C34H28S8/c1-33(2)13-15-5-7-17(33)29-27(15)35-19-9-23-25(11-21(19)37-29)41-31(39-23)32-40-24-10-20-22(12-26(24)42-32)38-30-18-8-6-16(28(30)36-20)14-34(18,3)4/h5-12,15-18H,13-14H2,1-4H3. The summed E-state index contributed by atoms with van der Waals surface area (Å²) in [6, 6.07) is 10.00. The Labute approximate surface area is 282 Å². The van der Waals surface area contributed by atoms with Gasteiger partial charge in [0.15, 0.2) is 0 Å². The fourth-order valence-electron chi connectivity index (χ4n) is 7.70. The van der Waals surface area contributed by atoms with Crippen LogP contribution in [0.3, 0.4) is 0 Å². The minimum absolute atomic E-state index is 0.368. The lowest BCUT2D eigenvalue weighted by atomic mass is 9.64. The third kappa shape index (κ3) is 3.94. The van der Waals surface area contributed by atoms with Crippen molar-refractivity contribution >= 4 is 94.1 Å². The van der Waals surface area contributed by atoms with Gasteiger partial charge in [-0.1, -0.05) is 146 Å². The van der Waals surface area contributed by atoms with Crippen molar-refractivity contribution in [3.63, 3.8) is 0 Å². The normalized spacial score (nSPS) is 33.4. The first-order valence-corrected chi connectivity index (χ1v) is 21.1. The van der Waals surface area contributed by atoms with Gasteiger partial charge in [0.2, 0.25) is 0 Å². The van der Waals surface area contributed by atoms with Crippen LogP contribution in [0.2, 0.25) is 0 Å². The zero-order chi connectivity index (χ0) is 28.1. The van der Waals surface area contributed by atoms with Gasteiger partial charge in [-0.3, -0.25) is 0 Å². The van der Waals surface area contributed by atoms with Crippen LogP contribution in [0, 0.1) is 34.5 Å². The van der Waals surface area contributed by atoms with Crippen LogP contribution in [0.5, 0.6) is 0 Å². The largest absolute Gasteiger partial charge is 0.0918 e. The Morgan fingerprint density at radius 2 is 0.738 bits per heavy atom. The van der Waals surface area contributed by atoms with Crippen molar-refractivity contribution in [3.8, 4) is 0 Å². The first-order chi connectivity index (χ1) is 20.2. The van der Waals surface area contributed by atoms with E-state index in [0.29, 0.717) is 34.5 Å². The molecule has 4 atom stereocenters. The molecule has 4 unspecified atom stereocenters. The number of hydrogen-bond donors (Lipinski definition) is 0. The quantitative estimate of drug-likeness (QED) is 0.247. The van der Waals surface area contributed by atoms with E-state index in [1.165, 1.54) is 60.5 Å². The first kappa shape index (κ1) is 27.1. The van der Waals surface area contributed by atoms with Gasteiger partial charge in [0.25, 0.3) is 0 Å². The summed E-state index contributed by atoms with van der Waals surface area (Å²) in [5, 5.41) is 0. The number of thioether (sulfide) groups is 8. The molecule has 0 spiro atoms. The summed E-state index contributed by atoms with van der Waals surface area (Å²) in [4.78, 5) is 18.2.